The van der Waals surface area contributed by atoms with Gasteiger partial charge < -0.3 is 19.7 Å². The molecule has 0 spiro atoms. The van der Waals surface area contributed by atoms with E-state index in [9.17, 15) is 9.59 Å². The molecule has 0 saturated carbocycles. The summed E-state index contributed by atoms with van der Waals surface area (Å²) in [6.45, 7) is 0.586. The SMILES string of the molecule is O=C(Nc1ccc2c(c1)N(CCOc1ccc(Cl)cc1)C(=O)CO2)c1ccc(Br)cc1. The fourth-order valence-corrected chi connectivity index (χ4v) is 3.51. The quantitative estimate of drug-likeness (QED) is 0.507. The third kappa shape index (κ3) is 5.18. The zero-order chi connectivity index (χ0) is 21.8. The van der Waals surface area contributed by atoms with E-state index in [0.717, 1.165) is 4.47 Å². The van der Waals surface area contributed by atoms with Crippen LogP contribution in [0, 0.1) is 0 Å². The minimum atomic E-state index is -0.242. The molecular weight excluding hydrogens is 484 g/mol. The average Bonchev–Trinajstić information content (AvgIpc) is 2.77. The summed E-state index contributed by atoms with van der Waals surface area (Å²) in [6, 6.07) is 19.3. The molecule has 1 heterocycles. The van der Waals surface area contributed by atoms with Gasteiger partial charge in [0.15, 0.2) is 6.61 Å². The summed E-state index contributed by atoms with van der Waals surface area (Å²) in [7, 11) is 0. The topological polar surface area (TPSA) is 67.9 Å². The molecular formula is C23H18BrClN2O4. The van der Waals surface area contributed by atoms with E-state index >= 15 is 0 Å². The van der Waals surface area contributed by atoms with Crippen molar-refractivity contribution in [1.82, 2.24) is 0 Å². The molecule has 0 saturated heterocycles. The van der Waals surface area contributed by atoms with E-state index in [1.165, 1.54) is 0 Å². The second kappa shape index (κ2) is 9.41. The summed E-state index contributed by atoms with van der Waals surface area (Å²) in [5.74, 6) is 0.824. The van der Waals surface area contributed by atoms with Crippen molar-refractivity contribution < 1.29 is 19.1 Å². The highest BCUT2D eigenvalue weighted by Gasteiger charge is 2.26. The van der Waals surface area contributed by atoms with Crippen LogP contribution in [-0.2, 0) is 4.79 Å². The molecule has 1 aliphatic heterocycles. The van der Waals surface area contributed by atoms with Crippen LogP contribution in [0.5, 0.6) is 11.5 Å². The lowest BCUT2D eigenvalue weighted by atomic mass is 10.2. The van der Waals surface area contributed by atoms with Crippen LogP contribution in [0.1, 0.15) is 10.4 Å². The summed E-state index contributed by atoms with van der Waals surface area (Å²) in [4.78, 5) is 26.6. The van der Waals surface area contributed by atoms with Crippen LogP contribution in [0.3, 0.4) is 0 Å². The van der Waals surface area contributed by atoms with Gasteiger partial charge in [0.1, 0.15) is 18.1 Å². The van der Waals surface area contributed by atoms with Gasteiger partial charge in [0.2, 0.25) is 0 Å². The van der Waals surface area contributed by atoms with E-state index in [4.69, 9.17) is 21.1 Å². The molecule has 0 radical (unpaired) electrons. The van der Waals surface area contributed by atoms with Crippen LogP contribution in [0.2, 0.25) is 5.02 Å². The average molecular weight is 502 g/mol. The van der Waals surface area contributed by atoms with Gasteiger partial charge in [0.05, 0.1) is 12.2 Å². The monoisotopic (exact) mass is 500 g/mol. The lowest BCUT2D eigenvalue weighted by Gasteiger charge is -2.29. The van der Waals surface area contributed by atoms with Gasteiger partial charge in [-0.2, -0.15) is 0 Å². The Morgan fingerprint density at radius 3 is 2.58 bits per heavy atom. The fraction of sp³-hybridized carbons (Fsp3) is 0.130. The number of rotatable bonds is 6. The van der Waals surface area contributed by atoms with Gasteiger partial charge in [-0.05, 0) is 66.7 Å². The third-order valence-electron chi connectivity index (χ3n) is 4.66. The Balaban J connectivity index is 1.47. The summed E-state index contributed by atoms with van der Waals surface area (Å²) in [6.07, 6.45) is 0. The third-order valence-corrected chi connectivity index (χ3v) is 5.44. The molecule has 0 fully saturated rings. The minimum absolute atomic E-state index is 0.0431. The van der Waals surface area contributed by atoms with Crippen LogP contribution < -0.4 is 19.7 Å². The normalized spacial score (nSPS) is 12.7. The van der Waals surface area contributed by atoms with Gasteiger partial charge in [-0.25, -0.2) is 0 Å². The molecule has 2 amide bonds. The second-order valence-electron chi connectivity index (χ2n) is 6.78. The van der Waals surface area contributed by atoms with Crippen molar-refractivity contribution >= 4 is 50.7 Å². The van der Waals surface area contributed by atoms with Gasteiger partial charge in [-0.1, -0.05) is 27.5 Å². The number of ether oxygens (including phenoxy) is 2. The zero-order valence-corrected chi connectivity index (χ0v) is 18.7. The highest BCUT2D eigenvalue weighted by Crippen LogP contribution is 2.34. The Bertz CT molecular complexity index is 1100. The Hall–Kier alpha value is -3.03. The summed E-state index contributed by atoms with van der Waals surface area (Å²) < 4.78 is 12.2. The Labute approximate surface area is 192 Å². The molecule has 0 aromatic heterocycles. The number of anilines is 2. The number of hydrogen-bond donors (Lipinski definition) is 1. The van der Waals surface area contributed by atoms with Crippen molar-refractivity contribution in [2.45, 2.75) is 0 Å². The lowest BCUT2D eigenvalue weighted by molar-refractivity contribution is -0.121. The molecule has 1 N–H and O–H groups in total. The molecule has 0 bridgehead atoms. The van der Waals surface area contributed by atoms with E-state index in [2.05, 4.69) is 21.2 Å². The number of nitrogens with one attached hydrogen (secondary N) is 1. The van der Waals surface area contributed by atoms with Crippen LogP contribution in [0.4, 0.5) is 11.4 Å². The Morgan fingerprint density at radius 2 is 1.84 bits per heavy atom. The predicted molar refractivity (Wildman–Crippen MR) is 123 cm³/mol. The van der Waals surface area contributed by atoms with Crippen molar-refractivity contribution in [3.63, 3.8) is 0 Å². The fourth-order valence-electron chi connectivity index (χ4n) is 3.12. The minimum Gasteiger partial charge on any atom is -0.492 e. The van der Waals surface area contributed by atoms with Gasteiger partial charge >= 0.3 is 0 Å². The standard InChI is InChI=1S/C23H18BrClN2O4/c24-16-3-1-15(2-4-16)23(29)26-18-7-10-21-20(13-18)27(22(28)14-31-21)11-12-30-19-8-5-17(25)6-9-19/h1-10,13H,11-12,14H2,(H,26,29). The number of hydrogen-bond acceptors (Lipinski definition) is 4. The maximum atomic E-state index is 12.5. The molecule has 0 aliphatic carbocycles. The number of carbonyl (C=O) groups excluding carboxylic acids is 2. The molecule has 1 aliphatic rings. The first-order valence-electron chi connectivity index (χ1n) is 9.52. The molecule has 3 aromatic carbocycles. The smallest absolute Gasteiger partial charge is 0.265 e. The van der Waals surface area contributed by atoms with Gasteiger partial charge in [-0.15, -0.1) is 0 Å². The molecule has 0 unspecified atom stereocenters. The van der Waals surface area contributed by atoms with Gasteiger partial charge in [-0.3, -0.25) is 9.59 Å². The highest BCUT2D eigenvalue weighted by molar-refractivity contribution is 9.10. The van der Waals surface area contributed by atoms with Crippen LogP contribution in [-0.4, -0.2) is 31.6 Å². The van der Waals surface area contributed by atoms with Crippen LogP contribution >= 0.6 is 27.5 Å². The summed E-state index contributed by atoms with van der Waals surface area (Å²) >= 11 is 9.24. The number of fused-ring (bicyclic) bond motifs is 1. The van der Waals surface area contributed by atoms with E-state index < -0.39 is 0 Å². The van der Waals surface area contributed by atoms with Crippen molar-refractivity contribution in [3.05, 3.63) is 81.8 Å². The maximum absolute atomic E-state index is 12.5. The molecule has 6 nitrogen and oxygen atoms in total. The summed E-state index contributed by atoms with van der Waals surface area (Å²) in [5.41, 5.74) is 1.68. The van der Waals surface area contributed by atoms with Crippen molar-refractivity contribution in [2.24, 2.45) is 0 Å². The molecule has 4 rings (SSSR count). The molecule has 31 heavy (non-hydrogen) atoms. The number of benzene rings is 3. The predicted octanol–water partition coefficient (Wildman–Crippen LogP) is 5.16. The van der Waals surface area contributed by atoms with Crippen molar-refractivity contribution in [1.29, 1.82) is 0 Å². The number of carbonyl (C=O) groups is 2. The molecule has 3 aromatic rings. The number of nitrogens with zero attached hydrogens (tertiary/aromatic N) is 1. The summed E-state index contributed by atoms with van der Waals surface area (Å²) in [5, 5.41) is 3.49. The van der Waals surface area contributed by atoms with Crippen molar-refractivity contribution in [2.75, 3.05) is 30.0 Å². The highest BCUT2D eigenvalue weighted by atomic mass is 79.9. The van der Waals surface area contributed by atoms with Crippen LogP contribution in [0.15, 0.2) is 71.2 Å². The lowest BCUT2D eigenvalue weighted by Crippen LogP contribution is -2.41. The second-order valence-corrected chi connectivity index (χ2v) is 8.13. The zero-order valence-electron chi connectivity index (χ0n) is 16.3. The van der Waals surface area contributed by atoms with E-state index in [1.807, 2.05) is 0 Å². The first-order valence-corrected chi connectivity index (χ1v) is 10.7. The first-order chi connectivity index (χ1) is 15.0. The van der Waals surface area contributed by atoms with E-state index in [0.29, 0.717) is 46.6 Å². The first kappa shape index (κ1) is 21.2. The largest absolute Gasteiger partial charge is 0.492 e. The maximum Gasteiger partial charge on any atom is 0.265 e. The van der Waals surface area contributed by atoms with E-state index in [-0.39, 0.29) is 18.4 Å². The number of halogens is 2. The molecule has 8 heteroatoms. The Kier molecular flexibility index (Phi) is 6.44. The van der Waals surface area contributed by atoms with Crippen LogP contribution in [0.25, 0.3) is 0 Å². The number of amides is 2. The van der Waals surface area contributed by atoms with Crippen molar-refractivity contribution in [3.8, 4) is 11.5 Å². The Morgan fingerprint density at radius 1 is 1.10 bits per heavy atom. The molecule has 0 atom stereocenters. The van der Waals surface area contributed by atoms with Gasteiger partial charge in [0, 0.05) is 20.7 Å². The molecule has 158 valence electrons. The van der Waals surface area contributed by atoms with Gasteiger partial charge in [0.25, 0.3) is 11.8 Å². The van der Waals surface area contributed by atoms with E-state index in [1.54, 1.807) is 71.6 Å².